The van der Waals surface area contributed by atoms with Gasteiger partial charge < -0.3 is 14.7 Å². The molecule has 0 bridgehead atoms. The second kappa shape index (κ2) is 6.76. The summed E-state index contributed by atoms with van der Waals surface area (Å²) in [4.78, 5) is 18.4. The van der Waals surface area contributed by atoms with Crippen molar-refractivity contribution in [3.63, 3.8) is 0 Å². The van der Waals surface area contributed by atoms with Crippen molar-refractivity contribution in [2.45, 2.75) is 63.6 Å². The van der Waals surface area contributed by atoms with Crippen molar-refractivity contribution in [2.24, 2.45) is 5.92 Å². The second-order valence-corrected chi connectivity index (χ2v) is 8.72. The van der Waals surface area contributed by atoms with Crippen molar-refractivity contribution in [1.82, 2.24) is 9.88 Å². The van der Waals surface area contributed by atoms with Crippen molar-refractivity contribution in [2.75, 3.05) is 13.1 Å². The van der Waals surface area contributed by atoms with E-state index >= 15 is 0 Å². The summed E-state index contributed by atoms with van der Waals surface area (Å²) >= 11 is 5.96. The Morgan fingerprint density at radius 3 is 2.48 bits per heavy atom. The third-order valence-corrected chi connectivity index (χ3v) is 5.25. The molecule has 0 radical (unpaired) electrons. The van der Waals surface area contributed by atoms with E-state index in [9.17, 15) is 9.90 Å². The number of nitrogens with zero attached hydrogens (tertiary/aromatic N) is 2. The number of aliphatic hydroxyl groups is 1. The van der Waals surface area contributed by atoms with Gasteiger partial charge in [0.15, 0.2) is 0 Å². The van der Waals surface area contributed by atoms with E-state index in [1.54, 1.807) is 11.1 Å². The number of pyridine rings is 1. The molecule has 3 rings (SSSR count). The van der Waals surface area contributed by atoms with E-state index in [-0.39, 0.29) is 12.0 Å². The van der Waals surface area contributed by atoms with Gasteiger partial charge in [-0.2, -0.15) is 0 Å². The first-order chi connectivity index (χ1) is 11.7. The molecule has 0 unspecified atom stereocenters. The Bertz CT molecular complexity index is 615. The van der Waals surface area contributed by atoms with E-state index in [2.05, 4.69) is 4.98 Å². The molecule has 1 aliphatic heterocycles. The fraction of sp³-hybridized carbons (Fsp3) is 0.684. The molecule has 1 atom stereocenters. The highest BCUT2D eigenvalue weighted by Gasteiger charge is 2.49. The molecule has 6 heteroatoms. The van der Waals surface area contributed by atoms with Gasteiger partial charge in [0, 0.05) is 30.9 Å². The summed E-state index contributed by atoms with van der Waals surface area (Å²) in [5, 5.41) is 11.9. The number of aromatic nitrogens is 1. The van der Waals surface area contributed by atoms with Crippen molar-refractivity contribution in [3.8, 4) is 0 Å². The monoisotopic (exact) mass is 366 g/mol. The minimum Gasteiger partial charge on any atom is -0.444 e. The quantitative estimate of drug-likeness (QED) is 0.878. The van der Waals surface area contributed by atoms with Crippen LogP contribution in [0.1, 0.15) is 58.1 Å². The van der Waals surface area contributed by atoms with Crippen LogP contribution in [0.5, 0.6) is 0 Å². The largest absolute Gasteiger partial charge is 0.444 e. The predicted octanol–water partition coefficient (Wildman–Crippen LogP) is 3.99. The van der Waals surface area contributed by atoms with E-state index in [0.29, 0.717) is 36.9 Å². The molecule has 25 heavy (non-hydrogen) atoms. The van der Waals surface area contributed by atoms with Gasteiger partial charge in [-0.1, -0.05) is 11.6 Å². The molecule has 1 aromatic rings. The molecule has 2 heterocycles. The van der Waals surface area contributed by atoms with E-state index in [1.807, 2.05) is 32.9 Å². The molecule has 0 aromatic carbocycles. The maximum Gasteiger partial charge on any atom is 0.410 e. The van der Waals surface area contributed by atoms with Crippen LogP contribution in [0.4, 0.5) is 4.79 Å². The van der Waals surface area contributed by atoms with Gasteiger partial charge in [0.1, 0.15) is 5.60 Å². The van der Waals surface area contributed by atoms with Crippen molar-refractivity contribution >= 4 is 17.7 Å². The van der Waals surface area contributed by atoms with Crippen LogP contribution in [-0.2, 0) is 4.74 Å². The van der Waals surface area contributed by atoms with Gasteiger partial charge >= 0.3 is 6.09 Å². The lowest BCUT2D eigenvalue weighted by Gasteiger charge is -2.43. The summed E-state index contributed by atoms with van der Waals surface area (Å²) in [5.74, 6) is 0.470. The van der Waals surface area contributed by atoms with Crippen molar-refractivity contribution in [1.29, 1.82) is 0 Å². The van der Waals surface area contributed by atoms with Gasteiger partial charge in [-0.3, -0.25) is 4.98 Å². The number of hydrogen-bond acceptors (Lipinski definition) is 4. The first-order valence-electron chi connectivity index (χ1n) is 9.00. The normalized spacial score (nSPS) is 21.7. The Hall–Kier alpha value is -1.33. The summed E-state index contributed by atoms with van der Waals surface area (Å²) in [6.45, 7) is 6.59. The zero-order valence-corrected chi connectivity index (χ0v) is 15.9. The minimum atomic E-state index is -0.833. The summed E-state index contributed by atoms with van der Waals surface area (Å²) in [7, 11) is 0. The standard InChI is InChI=1S/C19H27ClN2O3/c1-18(2,3)25-17(23)22-10-8-19(24,9-11-22)16(13-4-5-13)15-7-6-14(20)12-21-15/h6-7,12-13,16,24H,4-5,8-11H2,1-3H3/t16-/m0/s1. The number of halogens is 1. The van der Waals surface area contributed by atoms with E-state index in [4.69, 9.17) is 16.3 Å². The molecule has 1 saturated carbocycles. The lowest BCUT2D eigenvalue weighted by Crippen LogP contribution is -2.51. The lowest BCUT2D eigenvalue weighted by atomic mass is 9.75. The lowest BCUT2D eigenvalue weighted by molar-refractivity contribution is -0.0538. The van der Waals surface area contributed by atoms with Gasteiger partial charge in [-0.05, 0) is 64.5 Å². The predicted molar refractivity (Wildman–Crippen MR) is 96.7 cm³/mol. The van der Waals surface area contributed by atoms with E-state index in [1.165, 1.54) is 0 Å². The molecule has 138 valence electrons. The first kappa shape index (κ1) is 18.5. The van der Waals surface area contributed by atoms with E-state index < -0.39 is 11.2 Å². The highest BCUT2D eigenvalue weighted by molar-refractivity contribution is 6.30. The molecule has 1 N–H and O–H groups in total. The average Bonchev–Trinajstić information content (AvgIpc) is 3.33. The maximum atomic E-state index is 12.2. The van der Waals surface area contributed by atoms with Crippen LogP contribution in [0, 0.1) is 5.92 Å². The Morgan fingerprint density at radius 2 is 2.00 bits per heavy atom. The average molecular weight is 367 g/mol. The number of carbonyl (C=O) groups is 1. The maximum absolute atomic E-state index is 12.2. The topological polar surface area (TPSA) is 62.7 Å². The summed E-state index contributed by atoms with van der Waals surface area (Å²) in [6.07, 6.45) is 4.66. The Morgan fingerprint density at radius 1 is 1.36 bits per heavy atom. The molecule has 1 aliphatic carbocycles. The minimum absolute atomic E-state index is 0.00514. The van der Waals surface area contributed by atoms with Crippen LogP contribution in [0.25, 0.3) is 0 Å². The molecule has 5 nitrogen and oxygen atoms in total. The van der Waals surface area contributed by atoms with Crippen LogP contribution in [0.3, 0.4) is 0 Å². The highest BCUT2D eigenvalue weighted by atomic mass is 35.5. The fourth-order valence-electron chi connectivity index (χ4n) is 3.67. The fourth-order valence-corrected chi connectivity index (χ4v) is 3.78. The van der Waals surface area contributed by atoms with E-state index in [0.717, 1.165) is 18.5 Å². The number of piperidine rings is 1. The van der Waals surface area contributed by atoms with Gasteiger partial charge in [0.25, 0.3) is 0 Å². The molecule has 1 amide bonds. The van der Waals surface area contributed by atoms with Crippen LogP contribution < -0.4 is 0 Å². The van der Waals surface area contributed by atoms with Gasteiger partial charge in [-0.25, -0.2) is 4.79 Å². The smallest absolute Gasteiger partial charge is 0.410 e. The number of amides is 1. The Labute approximate surface area is 154 Å². The van der Waals surface area contributed by atoms with Crippen LogP contribution in [-0.4, -0.2) is 45.4 Å². The van der Waals surface area contributed by atoms with Crippen molar-refractivity contribution < 1.29 is 14.6 Å². The number of carbonyl (C=O) groups excluding carboxylic acids is 1. The van der Waals surface area contributed by atoms with Gasteiger partial charge in [-0.15, -0.1) is 0 Å². The van der Waals surface area contributed by atoms with Crippen LogP contribution in [0.15, 0.2) is 18.3 Å². The number of hydrogen-bond donors (Lipinski definition) is 1. The van der Waals surface area contributed by atoms with Crippen molar-refractivity contribution in [3.05, 3.63) is 29.0 Å². The Kier molecular flexibility index (Phi) is 5.00. The number of rotatable bonds is 3. The molecule has 2 fully saturated rings. The molecular formula is C19H27ClN2O3. The zero-order chi connectivity index (χ0) is 18.2. The second-order valence-electron chi connectivity index (χ2n) is 8.29. The molecule has 0 spiro atoms. The number of likely N-dealkylation sites (tertiary alicyclic amines) is 1. The number of ether oxygens (including phenoxy) is 1. The first-order valence-corrected chi connectivity index (χ1v) is 9.37. The third-order valence-electron chi connectivity index (χ3n) is 5.02. The molecular weight excluding hydrogens is 340 g/mol. The zero-order valence-electron chi connectivity index (χ0n) is 15.2. The van der Waals surface area contributed by atoms with Gasteiger partial charge in [0.05, 0.1) is 10.6 Å². The third kappa shape index (κ3) is 4.45. The molecule has 2 aliphatic rings. The van der Waals surface area contributed by atoms with Gasteiger partial charge in [0.2, 0.25) is 0 Å². The summed E-state index contributed by atoms with van der Waals surface area (Å²) in [5.41, 5.74) is -0.435. The molecule has 1 saturated heterocycles. The molecule has 1 aromatic heterocycles. The SMILES string of the molecule is CC(C)(C)OC(=O)N1CCC(O)([C@H](c2ccc(Cl)cn2)C2CC2)CC1. The summed E-state index contributed by atoms with van der Waals surface area (Å²) in [6, 6.07) is 3.75. The highest BCUT2D eigenvalue weighted by Crippen LogP contribution is 2.50. The summed E-state index contributed by atoms with van der Waals surface area (Å²) < 4.78 is 5.44. The Balaban J connectivity index is 1.70. The van der Waals surface area contributed by atoms with Crippen LogP contribution >= 0.6 is 11.6 Å². The van der Waals surface area contributed by atoms with Crippen LogP contribution in [0.2, 0.25) is 5.02 Å².